The third-order valence-corrected chi connectivity index (χ3v) is 4.93. The van der Waals surface area contributed by atoms with Crippen molar-refractivity contribution in [3.05, 3.63) is 29.3 Å². The highest BCUT2D eigenvalue weighted by atomic mass is 15.2. The van der Waals surface area contributed by atoms with Crippen molar-refractivity contribution in [2.75, 3.05) is 11.9 Å². The van der Waals surface area contributed by atoms with Crippen LogP contribution < -0.4 is 10.2 Å². The molecule has 1 aromatic carbocycles. The predicted octanol–water partition coefficient (Wildman–Crippen LogP) is 3.02. The molecule has 2 fully saturated rings. The second-order valence-electron chi connectivity index (χ2n) is 6.02. The van der Waals surface area contributed by atoms with Crippen LogP contribution in [0.3, 0.4) is 0 Å². The summed E-state index contributed by atoms with van der Waals surface area (Å²) in [7, 11) is 2.11. The SMILES string of the molecule is CNC1CC2CCC(C1)N2c1ccc(C)c(C)c1. The third-order valence-electron chi connectivity index (χ3n) is 4.93. The van der Waals surface area contributed by atoms with Gasteiger partial charge < -0.3 is 10.2 Å². The number of benzene rings is 1. The third kappa shape index (κ3) is 1.93. The fourth-order valence-electron chi connectivity index (χ4n) is 3.72. The number of rotatable bonds is 2. The zero-order valence-electron chi connectivity index (χ0n) is 11.7. The van der Waals surface area contributed by atoms with Crippen molar-refractivity contribution in [3.8, 4) is 0 Å². The van der Waals surface area contributed by atoms with Gasteiger partial charge in [-0.15, -0.1) is 0 Å². The second kappa shape index (κ2) is 4.58. The Morgan fingerprint density at radius 1 is 1.06 bits per heavy atom. The van der Waals surface area contributed by atoms with Gasteiger partial charge in [-0.05, 0) is 69.8 Å². The van der Waals surface area contributed by atoms with Crippen molar-refractivity contribution in [2.45, 2.75) is 57.7 Å². The molecule has 2 aliphatic heterocycles. The van der Waals surface area contributed by atoms with E-state index in [1.54, 1.807) is 0 Å². The van der Waals surface area contributed by atoms with Crippen LogP contribution in [-0.2, 0) is 0 Å². The monoisotopic (exact) mass is 244 g/mol. The van der Waals surface area contributed by atoms with E-state index in [9.17, 15) is 0 Å². The number of hydrogen-bond donors (Lipinski definition) is 1. The Bertz CT molecular complexity index is 427. The molecule has 2 heteroatoms. The first-order valence-corrected chi connectivity index (χ1v) is 7.22. The zero-order chi connectivity index (χ0) is 12.7. The molecule has 2 unspecified atom stereocenters. The molecule has 18 heavy (non-hydrogen) atoms. The van der Waals surface area contributed by atoms with Gasteiger partial charge in [-0.2, -0.15) is 0 Å². The number of piperidine rings is 1. The van der Waals surface area contributed by atoms with E-state index in [-0.39, 0.29) is 0 Å². The quantitative estimate of drug-likeness (QED) is 0.860. The maximum absolute atomic E-state index is 3.47. The Labute approximate surface area is 110 Å². The van der Waals surface area contributed by atoms with Crippen LogP contribution in [0.15, 0.2) is 18.2 Å². The molecule has 2 aliphatic rings. The van der Waals surface area contributed by atoms with Crippen LogP contribution in [0.5, 0.6) is 0 Å². The van der Waals surface area contributed by atoms with Crippen LogP contribution in [0.25, 0.3) is 0 Å². The number of fused-ring (bicyclic) bond motifs is 2. The van der Waals surface area contributed by atoms with E-state index in [2.05, 4.69) is 49.3 Å². The van der Waals surface area contributed by atoms with Crippen molar-refractivity contribution in [1.82, 2.24) is 5.32 Å². The minimum atomic E-state index is 0.727. The van der Waals surface area contributed by atoms with Crippen LogP contribution in [0.2, 0.25) is 0 Å². The Balaban J connectivity index is 1.87. The first kappa shape index (κ1) is 12.0. The molecule has 1 N–H and O–H groups in total. The van der Waals surface area contributed by atoms with Crippen molar-refractivity contribution in [1.29, 1.82) is 0 Å². The second-order valence-corrected chi connectivity index (χ2v) is 6.02. The molecule has 2 atom stereocenters. The van der Waals surface area contributed by atoms with Crippen molar-refractivity contribution < 1.29 is 0 Å². The summed E-state index contributed by atoms with van der Waals surface area (Å²) in [5.74, 6) is 0. The summed E-state index contributed by atoms with van der Waals surface area (Å²) in [5, 5.41) is 3.47. The number of nitrogens with zero attached hydrogens (tertiary/aromatic N) is 1. The number of nitrogens with one attached hydrogen (secondary N) is 1. The highest BCUT2D eigenvalue weighted by Gasteiger charge is 2.40. The highest BCUT2D eigenvalue weighted by Crippen LogP contribution is 2.39. The molecule has 0 aromatic heterocycles. The summed E-state index contributed by atoms with van der Waals surface area (Å²) < 4.78 is 0. The molecule has 0 radical (unpaired) electrons. The van der Waals surface area contributed by atoms with E-state index in [0.717, 1.165) is 18.1 Å². The lowest BCUT2D eigenvalue weighted by atomic mass is 9.96. The number of hydrogen-bond acceptors (Lipinski definition) is 2. The Morgan fingerprint density at radius 2 is 1.72 bits per heavy atom. The molecular weight excluding hydrogens is 220 g/mol. The van der Waals surface area contributed by atoms with Gasteiger partial charge in [-0.3, -0.25) is 0 Å². The summed E-state index contributed by atoms with van der Waals surface area (Å²) >= 11 is 0. The Morgan fingerprint density at radius 3 is 2.28 bits per heavy atom. The molecule has 0 spiro atoms. The van der Waals surface area contributed by atoms with Gasteiger partial charge in [0.2, 0.25) is 0 Å². The van der Waals surface area contributed by atoms with Gasteiger partial charge >= 0.3 is 0 Å². The van der Waals surface area contributed by atoms with Crippen LogP contribution >= 0.6 is 0 Å². The zero-order valence-corrected chi connectivity index (χ0v) is 11.7. The van der Waals surface area contributed by atoms with Crippen LogP contribution in [-0.4, -0.2) is 25.2 Å². The molecule has 2 saturated heterocycles. The molecule has 1 aromatic rings. The van der Waals surface area contributed by atoms with E-state index < -0.39 is 0 Å². The van der Waals surface area contributed by atoms with Crippen LogP contribution in [0.1, 0.15) is 36.8 Å². The van der Waals surface area contributed by atoms with Crippen LogP contribution in [0.4, 0.5) is 5.69 Å². The Hall–Kier alpha value is -1.02. The first-order valence-electron chi connectivity index (χ1n) is 7.22. The molecule has 2 heterocycles. The van der Waals surface area contributed by atoms with Gasteiger partial charge in [0.1, 0.15) is 0 Å². The molecule has 0 amide bonds. The average molecular weight is 244 g/mol. The number of anilines is 1. The van der Waals surface area contributed by atoms with Crippen LogP contribution in [0, 0.1) is 13.8 Å². The van der Waals surface area contributed by atoms with Gasteiger partial charge in [-0.25, -0.2) is 0 Å². The maximum Gasteiger partial charge on any atom is 0.0374 e. The summed E-state index contributed by atoms with van der Waals surface area (Å²) in [6, 6.07) is 9.19. The van der Waals surface area contributed by atoms with Crippen molar-refractivity contribution >= 4 is 5.69 Å². The predicted molar refractivity (Wildman–Crippen MR) is 77.3 cm³/mol. The van der Waals surface area contributed by atoms with E-state index >= 15 is 0 Å². The normalized spacial score (nSPS) is 30.8. The van der Waals surface area contributed by atoms with Gasteiger partial charge in [0.15, 0.2) is 0 Å². The van der Waals surface area contributed by atoms with E-state index in [1.165, 1.54) is 42.5 Å². The first-order chi connectivity index (χ1) is 8.69. The fourth-order valence-corrected chi connectivity index (χ4v) is 3.72. The lowest BCUT2D eigenvalue weighted by Gasteiger charge is -2.40. The van der Waals surface area contributed by atoms with E-state index in [4.69, 9.17) is 0 Å². The smallest absolute Gasteiger partial charge is 0.0374 e. The van der Waals surface area contributed by atoms with Gasteiger partial charge in [0, 0.05) is 23.8 Å². The minimum Gasteiger partial charge on any atom is -0.365 e. The Kier molecular flexibility index (Phi) is 3.06. The highest BCUT2D eigenvalue weighted by molar-refractivity contribution is 5.54. The number of aryl methyl sites for hydroxylation is 2. The molecule has 98 valence electrons. The molecule has 0 aliphatic carbocycles. The largest absolute Gasteiger partial charge is 0.365 e. The summed E-state index contributed by atoms with van der Waals surface area (Å²) in [6.45, 7) is 4.42. The van der Waals surface area contributed by atoms with Gasteiger partial charge in [-0.1, -0.05) is 6.07 Å². The van der Waals surface area contributed by atoms with Crippen molar-refractivity contribution in [3.63, 3.8) is 0 Å². The van der Waals surface area contributed by atoms with E-state index in [0.29, 0.717) is 0 Å². The lowest BCUT2D eigenvalue weighted by molar-refractivity contribution is 0.374. The van der Waals surface area contributed by atoms with Gasteiger partial charge in [0.25, 0.3) is 0 Å². The summed E-state index contributed by atoms with van der Waals surface area (Å²) in [5.41, 5.74) is 4.26. The lowest BCUT2D eigenvalue weighted by Crippen LogP contribution is -2.48. The molecule has 2 nitrogen and oxygen atoms in total. The van der Waals surface area contributed by atoms with E-state index in [1.807, 2.05) is 0 Å². The fraction of sp³-hybridized carbons (Fsp3) is 0.625. The molecule has 3 rings (SSSR count). The minimum absolute atomic E-state index is 0.727. The molecule has 2 bridgehead atoms. The topological polar surface area (TPSA) is 15.3 Å². The average Bonchev–Trinajstić information content (AvgIpc) is 2.64. The standard InChI is InChI=1S/C16H24N2/c1-11-4-5-14(8-12(11)2)18-15-6-7-16(18)10-13(9-15)17-3/h4-5,8,13,15-17H,6-7,9-10H2,1-3H3. The summed E-state index contributed by atoms with van der Waals surface area (Å²) in [6.07, 6.45) is 5.35. The molecule has 0 saturated carbocycles. The molecular formula is C16H24N2. The van der Waals surface area contributed by atoms with Crippen molar-refractivity contribution in [2.24, 2.45) is 0 Å². The maximum atomic E-state index is 3.47. The summed E-state index contributed by atoms with van der Waals surface area (Å²) in [4.78, 5) is 2.69. The van der Waals surface area contributed by atoms with Gasteiger partial charge in [0.05, 0.1) is 0 Å².